The monoisotopic (exact) mass is 351 g/mol. The van der Waals surface area contributed by atoms with Crippen LogP contribution in [0.15, 0.2) is 42.5 Å². The van der Waals surface area contributed by atoms with Crippen molar-refractivity contribution >= 4 is 44.7 Å². The van der Waals surface area contributed by atoms with E-state index in [9.17, 15) is 9.59 Å². The number of aromatic nitrogens is 1. The van der Waals surface area contributed by atoms with Gasteiger partial charge in [0.15, 0.2) is 5.01 Å². The van der Waals surface area contributed by atoms with Gasteiger partial charge in [-0.1, -0.05) is 12.1 Å². The molecule has 5 nitrogen and oxygen atoms in total. The number of anilines is 2. The van der Waals surface area contributed by atoms with Crippen LogP contribution < -0.4 is 10.2 Å². The summed E-state index contributed by atoms with van der Waals surface area (Å²) in [6, 6.07) is 13.4. The lowest BCUT2D eigenvalue weighted by molar-refractivity contribution is -0.118. The van der Waals surface area contributed by atoms with Crippen molar-refractivity contribution in [1.82, 2.24) is 4.98 Å². The topological polar surface area (TPSA) is 62.3 Å². The van der Waals surface area contributed by atoms with E-state index in [0.29, 0.717) is 24.4 Å². The number of fused-ring (bicyclic) bond motifs is 2. The van der Waals surface area contributed by atoms with Gasteiger partial charge < -0.3 is 10.2 Å². The van der Waals surface area contributed by atoms with Crippen LogP contribution in [-0.2, 0) is 11.2 Å². The van der Waals surface area contributed by atoms with Crippen molar-refractivity contribution in [1.29, 1.82) is 0 Å². The van der Waals surface area contributed by atoms with Crippen LogP contribution in [0.2, 0.25) is 0 Å². The van der Waals surface area contributed by atoms with Crippen LogP contribution in [0, 0.1) is 0 Å². The summed E-state index contributed by atoms with van der Waals surface area (Å²) in [5.74, 6) is -0.0540. The minimum absolute atomic E-state index is 0.154. The van der Waals surface area contributed by atoms with Gasteiger partial charge in [0, 0.05) is 24.3 Å². The van der Waals surface area contributed by atoms with Crippen LogP contribution in [0.25, 0.3) is 10.2 Å². The van der Waals surface area contributed by atoms with E-state index in [2.05, 4.69) is 10.3 Å². The molecule has 1 aromatic heterocycles. The van der Waals surface area contributed by atoms with E-state index >= 15 is 0 Å². The van der Waals surface area contributed by atoms with Crippen molar-refractivity contribution in [2.75, 3.05) is 16.8 Å². The molecule has 0 unspecified atom stereocenters. The molecule has 2 aromatic carbocycles. The van der Waals surface area contributed by atoms with Gasteiger partial charge >= 0.3 is 0 Å². The van der Waals surface area contributed by atoms with Crippen LogP contribution in [0.5, 0.6) is 0 Å². The number of nitrogens with one attached hydrogen (secondary N) is 1. The smallest absolute Gasteiger partial charge is 0.284 e. The van der Waals surface area contributed by atoms with Crippen LogP contribution >= 0.6 is 11.3 Å². The first kappa shape index (κ1) is 15.8. The van der Waals surface area contributed by atoms with Crippen LogP contribution in [0.3, 0.4) is 0 Å². The maximum atomic E-state index is 12.5. The van der Waals surface area contributed by atoms with Crippen molar-refractivity contribution in [3.05, 3.63) is 53.0 Å². The molecule has 126 valence electrons. The molecule has 0 atom stereocenters. The van der Waals surface area contributed by atoms with Gasteiger partial charge in [0.2, 0.25) is 5.91 Å². The molecule has 0 fully saturated rings. The maximum Gasteiger partial charge on any atom is 0.284 e. The molecule has 0 saturated carbocycles. The molecule has 1 N–H and O–H groups in total. The Morgan fingerprint density at radius 3 is 2.88 bits per heavy atom. The molecule has 6 heteroatoms. The van der Waals surface area contributed by atoms with E-state index in [1.54, 1.807) is 4.90 Å². The lowest BCUT2D eigenvalue weighted by Gasteiger charge is -2.28. The second-order valence-corrected chi connectivity index (χ2v) is 6.95. The summed E-state index contributed by atoms with van der Waals surface area (Å²) in [6.45, 7) is 2.62. The zero-order valence-corrected chi connectivity index (χ0v) is 14.6. The fourth-order valence-corrected chi connectivity index (χ4v) is 4.00. The molecular weight excluding hydrogens is 334 g/mol. The number of carbonyl (C=O) groups is 2. The summed E-state index contributed by atoms with van der Waals surface area (Å²) >= 11 is 1.38. The normalized spacial score (nSPS) is 13.8. The number of thiazole rings is 1. The Labute approximate surface area is 149 Å². The standard InChI is InChI=1S/C19H17N3O2S/c1-2-22-15-9-8-13(11-12(15)7-10-17(22)23)20-18(24)19-21-14-5-3-4-6-16(14)25-19/h3-6,8-9,11H,2,7,10H2,1H3,(H,20,24). The zero-order valence-electron chi connectivity index (χ0n) is 13.8. The number of rotatable bonds is 3. The predicted octanol–water partition coefficient (Wildman–Crippen LogP) is 3.85. The average molecular weight is 351 g/mol. The molecule has 0 saturated heterocycles. The van der Waals surface area contributed by atoms with E-state index in [1.165, 1.54) is 11.3 Å². The van der Waals surface area contributed by atoms with Crippen molar-refractivity contribution in [3.8, 4) is 0 Å². The number of para-hydroxylation sites is 1. The fraction of sp³-hybridized carbons (Fsp3) is 0.211. The van der Waals surface area contributed by atoms with Crippen molar-refractivity contribution in [2.45, 2.75) is 19.8 Å². The van der Waals surface area contributed by atoms with Gasteiger partial charge in [-0.25, -0.2) is 4.98 Å². The van der Waals surface area contributed by atoms with Crippen LogP contribution in [0.1, 0.15) is 28.7 Å². The minimum Gasteiger partial charge on any atom is -0.320 e. The van der Waals surface area contributed by atoms with Gasteiger partial charge in [-0.15, -0.1) is 11.3 Å². The molecule has 0 aliphatic carbocycles. The molecule has 1 aliphatic rings. The summed E-state index contributed by atoms with van der Waals surface area (Å²) < 4.78 is 0.996. The lowest BCUT2D eigenvalue weighted by atomic mass is 10.0. The molecular formula is C19H17N3O2S. The summed E-state index contributed by atoms with van der Waals surface area (Å²) in [6.07, 6.45) is 1.21. The Kier molecular flexibility index (Phi) is 3.97. The summed E-state index contributed by atoms with van der Waals surface area (Å²) in [5, 5.41) is 3.37. The van der Waals surface area contributed by atoms with E-state index in [0.717, 1.165) is 27.2 Å². The highest BCUT2D eigenvalue weighted by atomic mass is 32.1. The molecule has 0 radical (unpaired) electrons. The van der Waals surface area contributed by atoms with Gasteiger partial charge in [-0.3, -0.25) is 9.59 Å². The number of aryl methyl sites for hydroxylation is 1. The van der Waals surface area contributed by atoms with Crippen molar-refractivity contribution < 1.29 is 9.59 Å². The highest BCUT2D eigenvalue weighted by Gasteiger charge is 2.23. The molecule has 3 aromatic rings. The predicted molar refractivity (Wildman–Crippen MR) is 100 cm³/mol. The fourth-order valence-electron chi connectivity index (χ4n) is 3.14. The third kappa shape index (κ3) is 2.89. The minimum atomic E-state index is -0.208. The van der Waals surface area contributed by atoms with Crippen LogP contribution in [0.4, 0.5) is 11.4 Å². The Morgan fingerprint density at radius 1 is 1.24 bits per heavy atom. The Balaban J connectivity index is 1.58. The molecule has 2 heterocycles. The highest BCUT2D eigenvalue weighted by molar-refractivity contribution is 7.20. The third-order valence-corrected chi connectivity index (χ3v) is 5.38. The van der Waals surface area contributed by atoms with E-state index < -0.39 is 0 Å². The van der Waals surface area contributed by atoms with Crippen molar-refractivity contribution in [3.63, 3.8) is 0 Å². The molecule has 4 rings (SSSR count). The van der Waals surface area contributed by atoms with E-state index in [4.69, 9.17) is 0 Å². The first-order chi connectivity index (χ1) is 12.2. The third-order valence-electron chi connectivity index (χ3n) is 4.34. The second-order valence-electron chi connectivity index (χ2n) is 5.92. The molecule has 2 amide bonds. The first-order valence-corrected chi connectivity index (χ1v) is 9.07. The Hall–Kier alpha value is -2.73. The number of hydrogen-bond donors (Lipinski definition) is 1. The SMILES string of the molecule is CCN1C(=O)CCc2cc(NC(=O)c3nc4ccccc4s3)ccc21. The zero-order chi connectivity index (χ0) is 17.4. The number of benzene rings is 2. The quantitative estimate of drug-likeness (QED) is 0.780. The van der Waals surface area contributed by atoms with Crippen LogP contribution in [-0.4, -0.2) is 23.3 Å². The van der Waals surface area contributed by atoms with Gasteiger partial charge in [-0.2, -0.15) is 0 Å². The van der Waals surface area contributed by atoms with Gasteiger partial charge in [-0.05, 0) is 49.2 Å². The number of hydrogen-bond acceptors (Lipinski definition) is 4. The van der Waals surface area contributed by atoms with Gasteiger partial charge in [0.1, 0.15) is 0 Å². The van der Waals surface area contributed by atoms with E-state index in [1.807, 2.05) is 49.4 Å². The first-order valence-electron chi connectivity index (χ1n) is 8.26. The van der Waals surface area contributed by atoms with Gasteiger partial charge in [0.25, 0.3) is 5.91 Å². The molecule has 1 aliphatic heterocycles. The number of carbonyl (C=O) groups excluding carboxylic acids is 2. The second kappa shape index (κ2) is 6.29. The maximum absolute atomic E-state index is 12.5. The summed E-state index contributed by atoms with van der Waals surface area (Å²) in [4.78, 5) is 30.6. The summed E-state index contributed by atoms with van der Waals surface area (Å²) in [5.41, 5.74) is 3.59. The molecule has 0 bridgehead atoms. The van der Waals surface area contributed by atoms with Crippen molar-refractivity contribution in [2.24, 2.45) is 0 Å². The Bertz CT molecular complexity index is 947. The van der Waals surface area contributed by atoms with Gasteiger partial charge in [0.05, 0.1) is 10.2 Å². The average Bonchev–Trinajstić information content (AvgIpc) is 3.06. The van der Waals surface area contributed by atoms with E-state index in [-0.39, 0.29) is 11.8 Å². The largest absolute Gasteiger partial charge is 0.320 e. The molecule has 0 spiro atoms. The summed E-state index contributed by atoms with van der Waals surface area (Å²) in [7, 11) is 0. The number of amides is 2. The molecule has 25 heavy (non-hydrogen) atoms. The highest BCUT2D eigenvalue weighted by Crippen LogP contribution is 2.30. The number of nitrogens with zero attached hydrogens (tertiary/aromatic N) is 2. The lowest BCUT2D eigenvalue weighted by Crippen LogP contribution is -2.34. The Morgan fingerprint density at radius 2 is 2.08 bits per heavy atom.